The van der Waals surface area contributed by atoms with Gasteiger partial charge in [0.2, 0.25) is 0 Å². The van der Waals surface area contributed by atoms with Gasteiger partial charge in [-0.2, -0.15) is 5.10 Å². The first-order valence-corrected chi connectivity index (χ1v) is 12.2. The van der Waals surface area contributed by atoms with Gasteiger partial charge in [-0.25, -0.2) is 5.43 Å². The Morgan fingerprint density at radius 2 is 1.79 bits per heavy atom. The zero-order chi connectivity index (χ0) is 24.5. The molecule has 0 bridgehead atoms. The highest BCUT2D eigenvalue weighted by atomic mass is 127. The molecule has 0 saturated carbocycles. The molecule has 34 heavy (non-hydrogen) atoms. The highest BCUT2D eigenvalue weighted by Gasteiger charge is 2.14. The number of carbonyl (C=O) groups is 1. The van der Waals surface area contributed by atoms with Crippen LogP contribution < -0.4 is 24.4 Å². The van der Waals surface area contributed by atoms with Crippen LogP contribution in [0.15, 0.2) is 64.2 Å². The molecular formula is C25H24BrIN2O5. The molecular weight excluding hydrogens is 615 g/mol. The van der Waals surface area contributed by atoms with Crippen LogP contribution in [0, 0.1) is 3.57 Å². The molecule has 0 spiro atoms. The molecule has 3 rings (SSSR count). The second-order valence-electron chi connectivity index (χ2n) is 6.94. The van der Waals surface area contributed by atoms with Crippen molar-refractivity contribution >= 4 is 50.6 Å². The number of hydrogen-bond donors (Lipinski definition) is 1. The van der Waals surface area contributed by atoms with E-state index in [1.807, 2.05) is 43.3 Å². The normalized spacial score (nSPS) is 10.7. The van der Waals surface area contributed by atoms with Crippen LogP contribution in [0.5, 0.6) is 23.0 Å². The lowest BCUT2D eigenvalue weighted by Gasteiger charge is -2.15. The van der Waals surface area contributed by atoms with Crippen LogP contribution in [0.2, 0.25) is 0 Å². The molecule has 0 aliphatic carbocycles. The lowest BCUT2D eigenvalue weighted by atomic mass is 10.2. The molecule has 0 saturated heterocycles. The summed E-state index contributed by atoms with van der Waals surface area (Å²) >= 11 is 5.64. The number of nitrogens with zero attached hydrogens (tertiary/aromatic N) is 1. The number of rotatable bonds is 10. The topological polar surface area (TPSA) is 78.4 Å². The first kappa shape index (κ1) is 25.8. The molecule has 0 aromatic heterocycles. The molecule has 1 N–H and O–H groups in total. The van der Waals surface area contributed by atoms with E-state index in [2.05, 4.69) is 49.0 Å². The lowest BCUT2D eigenvalue weighted by molar-refractivity contribution is 0.0952. The predicted molar refractivity (Wildman–Crippen MR) is 143 cm³/mol. The van der Waals surface area contributed by atoms with Crippen molar-refractivity contribution in [2.75, 3.05) is 20.8 Å². The summed E-state index contributed by atoms with van der Waals surface area (Å²) in [5, 5.41) is 4.09. The Bertz CT molecular complexity index is 1170. The van der Waals surface area contributed by atoms with E-state index in [0.717, 1.165) is 19.2 Å². The van der Waals surface area contributed by atoms with Gasteiger partial charge in [-0.1, -0.05) is 28.1 Å². The number of hydrazone groups is 1. The van der Waals surface area contributed by atoms with Gasteiger partial charge >= 0.3 is 0 Å². The Hall–Kier alpha value is -2.79. The highest BCUT2D eigenvalue weighted by Crippen LogP contribution is 2.34. The van der Waals surface area contributed by atoms with Crippen molar-refractivity contribution in [3.05, 3.63) is 79.3 Å². The van der Waals surface area contributed by atoms with Crippen LogP contribution in [0.3, 0.4) is 0 Å². The summed E-state index contributed by atoms with van der Waals surface area (Å²) < 4.78 is 24.2. The van der Waals surface area contributed by atoms with Gasteiger partial charge in [0.1, 0.15) is 18.1 Å². The van der Waals surface area contributed by atoms with Crippen LogP contribution in [0.25, 0.3) is 0 Å². The van der Waals surface area contributed by atoms with Gasteiger partial charge in [0.25, 0.3) is 5.91 Å². The van der Waals surface area contributed by atoms with Gasteiger partial charge in [-0.15, -0.1) is 0 Å². The molecule has 0 radical (unpaired) electrons. The Labute approximate surface area is 220 Å². The summed E-state index contributed by atoms with van der Waals surface area (Å²) in [5.41, 5.74) is 4.68. The molecule has 9 heteroatoms. The van der Waals surface area contributed by atoms with Gasteiger partial charge in [0.05, 0.1) is 36.2 Å². The number of hydrogen-bond acceptors (Lipinski definition) is 6. The highest BCUT2D eigenvalue weighted by molar-refractivity contribution is 14.1. The number of nitrogens with one attached hydrogen (secondary N) is 1. The molecule has 0 heterocycles. The number of halogens is 2. The fourth-order valence-electron chi connectivity index (χ4n) is 3.01. The average molecular weight is 639 g/mol. The second-order valence-corrected chi connectivity index (χ2v) is 9.02. The Kier molecular flexibility index (Phi) is 9.58. The van der Waals surface area contributed by atoms with Crippen molar-refractivity contribution in [2.24, 2.45) is 5.10 Å². The van der Waals surface area contributed by atoms with Gasteiger partial charge in [0, 0.05) is 10.5 Å². The summed E-state index contributed by atoms with van der Waals surface area (Å²) in [6, 6.07) is 16.6. The van der Waals surface area contributed by atoms with E-state index in [1.54, 1.807) is 31.5 Å². The largest absolute Gasteiger partial charge is 0.497 e. The number of amides is 1. The monoisotopic (exact) mass is 638 g/mol. The van der Waals surface area contributed by atoms with E-state index in [9.17, 15) is 4.79 Å². The van der Waals surface area contributed by atoms with Crippen LogP contribution >= 0.6 is 38.5 Å². The number of ether oxygens (including phenoxy) is 4. The Morgan fingerprint density at radius 1 is 1.03 bits per heavy atom. The maximum Gasteiger partial charge on any atom is 0.275 e. The fourth-order valence-corrected chi connectivity index (χ4v) is 4.06. The van der Waals surface area contributed by atoms with Crippen LogP contribution in [0.4, 0.5) is 0 Å². The third-order valence-corrected chi connectivity index (χ3v) is 5.99. The van der Waals surface area contributed by atoms with E-state index < -0.39 is 5.91 Å². The third-order valence-electron chi connectivity index (χ3n) is 4.66. The van der Waals surface area contributed by atoms with Crippen molar-refractivity contribution in [3.8, 4) is 23.0 Å². The number of carbonyl (C=O) groups excluding carboxylic acids is 1. The number of benzene rings is 3. The van der Waals surface area contributed by atoms with Gasteiger partial charge < -0.3 is 18.9 Å². The van der Waals surface area contributed by atoms with Crippen molar-refractivity contribution in [1.29, 1.82) is 0 Å². The quantitative estimate of drug-likeness (QED) is 0.172. The van der Waals surface area contributed by atoms with E-state index in [4.69, 9.17) is 18.9 Å². The van der Waals surface area contributed by atoms with Gasteiger partial charge in [-0.3, -0.25) is 4.79 Å². The minimum atomic E-state index is -0.398. The summed E-state index contributed by atoms with van der Waals surface area (Å²) in [7, 11) is 3.04. The zero-order valence-electron chi connectivity index (χ0n) is 18.9. The Balaban J connectivity index is 1.73. The molecule has 0 unspecified atom stereocenters. The maximum absolute atomic E-state index is 12.6. The molecule has 3 aromatic rings. The van der Waals surface area contributed by atoms with Crippen molar-refractivity contribution < 1.29 is 23.7 Å². The molecule has 1 amide bonds. The molecule has 0 fully saturated rings. The lowest BCUT2D eigenvalue weighted by Crippen LogP contribution is -2.18. The standard InChI is InChI=1S/C25H24BrIN2O5/c1-4-33-23-12-17(11-21(27)24(23)34-15-16-5-7-18(26)8-6-16)14-28-29-25(30)20-10-9-19(31-2)13-22(20)32-3/h5-14H,4,15H2,1-3H3,(H,29,30)/b28-14-. The van der Waals surface area contributed by atoms with Crippen molar-refractivity contribution in [1.82, 2.24) is 5.43 Å². The molecule has 0 aliphatic heterocycles. The summed E-state index contributed by atoms with van der Waals surface area (Å²) in [4.78, 5) is 12.6. The first-order chi connectivity index (χ1) is 16.4. The SMILES string of the molecule is CCOc1cc(/C=N\NC(=O)c2ccc(OC)cc2OC)cc(I)c1OCc1ccc(Br)cc1. The first-order valence-electron chi connectivity index (χ1n) is 10.3. The van der Waals surface area contributed by atoms with Crippen LogP contribution in [0.1, 0.15) is 28.4 Å². The van der Waals surface area contributed by atoms with E-state index in [0.29, 0.717) is 41.8 Å². The van der Waals surface area contributed by atoms with E-state index >= 15 is 0 Å². The summed E-state index contributed by atoms with van der Waals surface area (Å²) in [6.07, 6.45) is 1.55. The van der Waals surface area contributed by atoms with Crippen molar-refractivity contribution in [3.63, 3.8) is 0 Å². The summed E-state index contributed by atoms with van der Waals surface area (Å²) in [6.45, 7) is 2.81. The van der Waals surface area contributed by atoms with E-state index in [1.165, 1.54) is 7.11 Å². The molecule has 178 valence electrons. The van der Waals surface area contributed by atoms with Gasteiger partial charge in [-0.05, 0) is 77.0 Å². The zero-order valence-corrected chi connectivity index (χ0v) is 22.7. The molecule has 0 atom stereocenters. The molecule has 0 aliphatic rings. The van der Waals surface area contributed by atoms with Gasteiger partial charge in [0.15, 0.2) is 11.5 Å². The smallest absolute Gasteiger partial charge is 0.275 e. The Morgan fingerprint density at radius 3 is 2.47 bits per heavy atom. The predicted octanol–water partition coefficient (Wildman–Crippen LogP) is 5.81. The molecule has 7 nitrogen and oxygen atoms in total. The van der Waals surface area contributed by atoms with Crippen LogP contribution in [-0.2, 0) is 6.61 Å². The number of methoxy groups -OCH3 is 2. The second kappa shape index (κ2) is 12.6. The van der Waals surface area contributed by atoms with Crippen molar-refractivity contribution in [2.45, 2.75) is 13.5 Å². The van der Waals surface area contributed by atoms with E-state index in [-0.39, 0.29) is 0 Å². The molecule has 3 aromatic carbocycles. The maximum atomic E-state index is 12.6. The average Bonchev–Trinajstić information content (AvgIpc) is 2.84. The minimum Gasteiger partial charge on any atom is -0.497 e. The fraction of sp³-hybridized carbons (Fsp3) is 0.200. The minimum absolute atomic E-state index is 0.349. The summed E-state index contributed by atoms with van der Waals surface area (Å²) in [5.74, 6) is 1.86. The third kappa shape index (κ3) is 6.86. The van der Waals surface area contributed by atoms with Crippen LogP contribution in [-0.4, -0.2) is 32.9 Å².